The molecule has 0 saturated carbocycles. The maximum absolute atomic E-state index is 2.32. The first-order valence-electron chi connectivity index (χ1n) is 14.0. The van der Waals surface area contributed by atoms with E-state index in [0.29, 0.717) is 0 Å². The summed E-state index contributed by atoms with van der Waals surface area (Å²) in [7, 11) is 0. The van der Waals surface area contributed by atoms with Crippen LogP contribution in [0, 0.1) is 20.8 Å². The van der Waals surface area contributed by atoms with Gasteiger partial charge in [0.2, 0.25) is 0 Å². The molecule has 0 amide bonds. The third-order valence-corrected chi connectivity index (χ3v) is 4.20. The Morgan fingerprint density at radius 2 is 0.742 bits per heavy atom. The van der Waals surface area contributed by atoms with E-state index >= 15 is 0 Å². The summed E-state index contributed by atoms with van der Waals surface area (Å²) < 4.78 is 0. The number of hydrogen-bond donors (Lipinski definition) is 0. The van der Waals surface area contributed by atoms with Crippen molar-refractivity contribution in [3.05, 3.63) is 33.9 Å². The molecule has 0 atom stereocenters. The standard InChI is InChI=1S/C13H20.C7H16.C3H8.4C2H6/c1-6-12-9(3)8-10(4)13(7-2)11(12)5;1-3-5-7-6-4-2;1-3-2;4*1-2/h8H,6-7H2,1-5H3;3-7H2,1-2H3;3H2,1-2H3;4*1-2H3. The lowest BCUT2D eigenvalue weighted by molar-refractivity contribution is 0.656. The number of aryl methyl sites for hydroxylation is 2. The number of rotatable bonds is 6. The lowest BCUT2D eigenvalue weighted by Gasteiger charge is -2.15. The maximum atomic E-state index is 2.32. The summed E-state index contributed by atoms with van der Waals surface area (Å²) in [5.74, 6) is 0. The van der Waals surface area contributed by atoms with Crippen LogP contribution in [0.3, 0.4) is 0 Å². The van der Waals surface area contributed by atoms with Gasteiger partial charge in [-0.15, -0.1) is 0 Å². The molecule has 1 aromatic rings. The Bertz CT molecular complexity index is 355. The van der Waals surface area contributed by atoms with E-state index < -0.39 is 0 Å². The van der Waals surface area contributed by atoms with Gasteiger partial charge >= 0.3 is 0 Å². The third kappa shape index (κ3) is 29.2. The van der Waals surface area contributed by atoms with Gasteiger partial charge in [-0.2, -0.15) is 0 Å². The molecule has 0 spiro atoms. The fourth-order valence-electron chi connectivity index (χ4n) is 3.04. The molecule has 1 aromatic carbocycles. The summed E-state index contributed by atoms with van der Waals surface area (Å²) in [5.41, 5.74) is 7.51. The molecule has 0 aliphatic heterocycles. The predicted molar refractivity (Wildman–Crippen MR) is 155 cm³/mol. The van der Waals surface area contributed by atoms with Gasteiger partial charge in [0.05, 0.1) is 0 Å². The van der Waals surface area contributed by atoms with Crippen LogP contribution >= 0.6 is 0 Å². The molecule has 0 aliphatic carbocycles. The van der Waals surface area contributed by atoms with E-state index in [1.807, 2.05) is 55.4 Å². The molecular weight excluding hydrogens is 372 g/mol. The van der Waals surface area contributed by atoms with Crippen molar-refractivity contribution in [3.8, 4) is 0 Å². The normalized spacial score (nSPS) is 7.90. The zero-order chi connectivity index (χ0) is 26.3. The average molecular weight is 441 g/mol. The summed E-state index contributed by atoms with van der Waals surface area (Å²) >= 11 is 0. The van der Waals surface area contributed by atoms with Crippen LogP contribution in [0.15, 0.2) is 6.07 Å². The van der Waals surface area contributed by atoms with Crippen molar-refractivity contribution in [1.29, 1.82) is 0 Å². The van der Waals surface area contributed by atoms with Gasteiger partial charge in [-0.25, -0.2) is 0 Å². The quantitative estimate of drug-likeness (QED) is 0.386. The van der Waals surface area contributed by atoms with Crippen LogP contribution in [-0.2, 0) is 12.8 Å². The Hall–Kier alpha value is -0.780. The lowest BCUT2D eigenvalue weighted by Crippen LogP contribution is -1.99. The molecule has 0 heterocycles. The van der Waals surface area contributed by atoms with Crippen LogP contribution < -0.4 is 0 Å². The summed E-state index contributed by atoms with van der Waals surface area (Å²) in [4.78, 5) is 0. The largest absolute Gasteiger partial charge is 0.0683 e. The smallest absolute Gasteiger partial charge is 0.0302 e. The Labute approximate surface area is 203 Å². The Balaban J connectivity index is -0.0000000738. The molecule has 0 radical (unpaired) electrons. The fraction of sp³-hybridized carbons (Fsp3) is 0.806. The van der Waals surface area contributed by atoms with Crippen LogP contribution in [-0.4, -0.2) is 0 Å². The first kappa shape index (κ1) is 44.0. The predicted octanol–water partition coefficient (Wildman–Crippen LogP) is 12.2. The first-order chi connectivity index (χ1) is 14.9. The van der Waals surface area contributed by atoms with E-state index in [9.17, 15) is 0 Å². The number of unbranched alkanes of at least 4 members (excludes halogenated alkanes) is 4. The molecule has 0 heteroatoms. The minimum absolute atomic E-state index is 1.16. The highest BCUT2D eigenvalue weighted by Gasteiger charge is 2.07. The van der Waals surface area contributed by atoms with Gasteiger partial charge in [0.15, 0.2) is 0 Å². The van der Waals surface area contributed by atoms with Gasteiger partial charge < -0.3 is 0 Å². The second-order valence-corrected chi connectivity index (χ2v) is 6.57. The number of hydrogen-bond acceptors (Lipinski definition) is 0. The maximum Gasteiger partial charge on any atom is -0.0302 e. The van der Waals surface area contributed by atoms with E-state index in [2.05, 4.69) is 68.4 Å². The minimum atomic E-state index is 1.16. The Morgan fingerprint density at radius 1 is 0.484 bits per heavy atom. The summed E-state index contributed by atoms with van der Waals surface area (Å²) in [5, 5.41) is 0. The zero-order valence-corrected chi connectivity index (χ0v) is 25.7. The van der Waals surface area contributed by atoms with Gasteiger partial charge in [-0.05, 0) is 61.4 Å². The average Bonchev–Trinajstić information content (AvgIpc) is 2.81. The van der Waals surface area contributed by atoms with E-state index in [4.69, 9.17) is 0 Å². The molecule has 0 saturated heterocycles. The molecule has 0 nitrogen and oxygen atoms in total. The molecule has 1 rings (SSSR count). The van der Waals surface area contributed by atoms with Crippen molar-refractivity contribution in [2.75, 3.05) is 0 Å². The first-order valence-corrected chi connectivity index (χ1v) is 14.0. The molecule has 0 aliphatic rings. The second-order valence-electron chi connectivity index (χ2n) is 6.57. The van der Waals surface area contributed by atoms with E-state index in [1.165, 1.54) is 55.2 Å². The summed E-state index contributed by atoms with van der Waals surface area (Å²) in [6.07, 6.45) is 10.6. The molecule has 0 unspecified atom stereocenters. The van der Waals surface area contributed by atoms with E-state index in [1.54, 1.807) is 11.1 Å². The van der Waals surface area contributed by atoms with Crippen LogP contribution in [0.1, 0.15) is 163 Å². The zero-order valence-electron chi connectivity index (χ0n) is 25.7. The summed E-state index contributed by atoms with van der Waals surface area (Å²) in [6.45, 7) is 35.9. The second kappa shape index (κ2) is 43.2. The highest BCUT2D eigenvalue weighted by atomic mass is 14.1. The molecule has 0 bridgehead atoms. The van der Waals surface area contributed by atoms with E-state index in [-0.39, 0.29) is 0 Å². The summed E-state index contributed by atoms with van der Waals surface area (Å²) in [6, 6.07) is 2.32. The van der Waals surface area contributed by atoms with Crippen molar-refractivity contribution < 1.29 is 0 Å². The van der Waals surface area contributed by atoms with Crippen molar-refractivity contribution in [2.24, 2.45) is 0 Å². The minimum Gasteiger partial charge on any atom is -0.0683 e. The molecule has 31 heavy (non-hydrogen) atoms. The molecular formula is C31H68. The van der Waals surface area contributed by atoms with Crippen molar-refractivity contribution in [2.45, 2.75) is 169 Å². The van der Waals surface area contributed by atoms with Gasteiger partial charge in [0, 0.05) is 0 Å². The third-order valence-electron chi connectivity index (χ3n) is 4.20. The number of benzene rings is 1. The van der Waals surface area contributed by atoms with Crippen molar-refractivity contribution in [1.82, 2.24) is 0 Å². The molecule has 0 fully saturated rings. The molecule has 0 aromatic heterocycles. The monoisotopic (exact) mass is 441 g/mol. The van der Waals surface area contributed by atoms with Crippen LogP contribution in [0.2, 0.25) is 0 Å². The highest BCUT2D eigenvalue weighted by molar-refractivity contribution is 5.44. The lowest BCUT2D eigenvalue weighted by atomic mass is 9.91. The van der Waals surface area contributed by atoms with Crippen LogP contribution in [0.25, 0.3) is 0 Å². The van der Waals surface area contributed by atoms with Crippen LogP contribution in [0.4, 0.5) is 0 Å². The van der Waals surface area contributed by atoms with Crippen LogP contribution in [0.5, 0.6) is 0 Å². The highest BCUT2D eigenvalue weighted by Crippen LogP contribution is 2.22. The fourth-order valence-corrected chi connectivity index (χ4v) is 3.04. The van der Waals surface area contributed by atoms with Gasteiger partial charge in [-0.3, -0.25) is 0 Å². The van der Waals surface area contributed by atoms with Crippen molar-refractivity contribution in [3.63, 3.8) is 0 Å². The SMILES string of the molecule is CC.CC.CC.CC.CCC.CCCCCCC.CCc1c(C)cc(C)c(CC)c1C. The topological polar surface area (TPSA) is 0 Å². The van der Waals surface area contributed by atoms with Crippen molar-refractivity contribution >= 4 is 0 Å². The van der Waals surface area contributed by atoms with Gasteiger partial charge in [0.25, 0.3) is 0 Å². The molecule has 192 valence electrons. The molecule has 0 N–H and O–H groups in total. The van der Waals surface area contributed by atoms with E-state index in [0.717, 1.165) is 12.8 Å². The Morgan fingerprint density at radius 3 is 0.935 bits per heavy atom. The van der Waals surface area contributed by atoms with Gasteiger partial charge in [-0.1, -0.05) is 142 Å². The van der Waals surface area contributed by atoms with Gasteiger partial charge in [0.1, 0.15) is 0 Å². The Kier molecular flexibility index (Phi) is 61.2.